The third-order valence-electron chi connectivity index (χ3n) is 10.7. The van der Waals surface area contributed by atoms with Crippen LogP contribution in [0.3, 0.4) is 0 Å². The predicted octanol–water partition coefficient (Wildman–Crippen LogP) is 11.9. The fourth-order valence-electron chi connectivity index (χ4n) is 8.47. The molecule has 7 aromatic carbocycles. The summed E-state index contributed by atoms with van der Waals surface area (Å²) in [5, 5.41) is 17.5. The summed E-state index contributed by atoms with van der Waals surface area (Å²) in [6.07, 6.45) is 3.59. The summed E-state index contributed by atoms with van der Waals surface area (Å²) in [6, 6.07) is 60.6. The maximum atomic E-state index is 10.3. The van der Waals surface area contributed by atoms with E-state index in [2.05, 4.69) is 164 Å². The second-order valence-electron chi connectivity index (χ2n) is 13.6. The zero-order valence-corrected chi connectivity index (χ0v) is 28.5. The number of nitriles is 1. The minimum absolute atomic E-state index is 0.599. The van der Waals surface area contributed by atoms with Crippen LogP contribution in [-0.2, 0) is 0 Å². The monoisotopic (exact) mass is 675 g/mol. The molecule has 0 saturated heterocycles. The Morgan fingerprint density at radius 3 is 1.23 bits per heavy atom. The van der Waals surface area contributed by atoms with Gasteiger partial charge in [-0.25, -0.2) is 0 Å². The average Bonchev–Trinajstić information content (AvgIpc) is 3.86. The summed E-state index contributed by atoms with van der Waals surface area (Å²) in [6.45, 7) is 0. The van der Waals surface area contributed by atoms with Crippen molar-refractivity contribution in [3.05, 3.63) is 182 Å². The van der Waals surface area contributed by atoms with Gasteiger partial charge in [0.15, 0.2) is 0 Å². The zero-order valence-electron chi connectivity index (χ0n) is 28.5. The van der Waals surface area contributed by atoms with Crippen molar-refractivity contribution in [2.45, 2.75) is 0 Å². The third-order valence-corrected chi connectivity index (χ3v) is 10.7. The number of aromatic nitrogens is 4. The van der Waals surface area contributed by atoms with Crippen molar-refractivity contribution < 1.29 is 0 Å². The lowest BCUT2D eigenvalue weighted by Crippen LogP contribution is -1.99. The van der Waals surface area contributed by atoms with Gasteiger partial charge in [0.25, 0.3) is 0 Å². The van der Waals surface area contributed by atoms with Crippen molar-refractivity contribution in [3.63, 3.8) is 0 Å². The number of rotatable bonds is 4. The summed E-state index contributed by atoms with van der Waals surface area (Å²) in [5.74, 6) is 0. The Morgan fingerprint density at radius 1 is 0.358 bits per heavy atom. The normalized spacial score (nSPS) is 11.8. The van der Waals surface area contributed by atoms with Crippen molar-refractivity contribution in [1.82, 2.24) is 18.7 Å². The van der Waals surface area contributed by atoms with E-state index in [9.17, 15) is 5.26 Å². The summed E-state index contributed by atoms with van der Waals surface area (Å²) < 4.78 is 7.07. The number of hydrogen-bond donors (Lipinski definition) is 0. The molecule has 0 unspecified atom stereocenters. The minimum Gasteiger partial charge on any atom is -0.309 e. The van der Waals surface area contributed by atoms with E-state index in [-0.39, 0.29) is 0 Å². The molecule has 4 heterocycles. The zero-order chi connectivity index (χ0) is 35.0. The van der Waals surface area contributed by atoms with E-state index < -0.39 is 0 Å². The lowest BCUT2D eigenvalue weighted by molar-refractivity contribution is 1.14. The number of benzene rings is 7. The smallest absolute Gasteiger partial charge is 0.0992 e. The van der Waals surface area contributed by atoms with Crippen LogP contribution in [0.15, 0.2) is 176 Å². The fourth-order valence-corrected chi connectivity index (χ4v) is 8.47. The molecule has 0 atom stereocenters. The van der Waals surface area contributed by atoms with Crippen LogP contribution in [0.2, 0.25) is 0 Å². The summed E-state index contributed by atoms with van der Waals surface area (Å²) in [7, 11) is 0. The number of fused-ring (bicyclic) bond motifs is 9. The van der Waals surface area contributed by atoms with Crippen LogP contribution >= 0.6 is 0 Å². The van der Waals surface area contributed by atoms with Gasteiger partial charge in [0.05, 0.1) is 44.7 Å². The molecular weight excluding hydrogens is 647 g/mol. The maximum absolute atomic E-state index is 10.3. The van der Waals surface area contributed by atoms with Crippen LogP contribution in [0, 0.1) is 11.3 Å². The van der Waals surface area contributed by atoms with Gasteiger partial charge in [0.2, 0.25) is 0 Å². The first-order chi connectivity index (χ1) is 26.2. The van der Waals surface area contributed by atoms with Gasteiger partial charge in [-0.15, -0.1) is 0 Å². The van der Waals surface area contributed by atoms with Gasteiger partial charge in [0, 0.05) is 61.8 Å². The highest BCUT2D eigenvalue weighted by atomic mass is 15.0. The lowest BCUT2D eigenvalue weighted by atomic mass is 10.0. The summed E-state index contributed by atoms with van der Waals surface area (Å²) in [4.78, 5) is 4.25. The maximum Gasteiger partial charge on any atom is 0.0992 e. The topological polar surface area (TPSA) is 51.5 Å². The van der Waals surface area contributed by atoms with Crippen molar-refractivity contribution in [3.8, 4) is 34.3 Å². The Labute approximate surface area is 304 Å². The van der Waals surface area contributed by atoms with Gasteiger partial charge in [-0.2, -0.15) is 5.26 Å². The van der Waals surface area contributed by atoms with Crippen LogP contribution in [0.5, 0.6) is 0 Å². The van der Waals surface area contributed by atoms with Crippen molar-refractivity contribution in [2.24, 2.45) is 0 Å². The molecule has 0 amide bonds. The lowest BCUT2D eigenvalue weighted by Gasteiger charge is -2.14. The largest absolute Gasteiger partial charge is 0.309 e. The molecule has 0 aliphatic carbocycles. The van der Waals surface area contributed by atoms with Gasteiger partial charge in [-0.05, 0) is 90.0 Å². The van der Waals surface area contributed by atoms with Crippen LogP contribution in [0.1, 0.15) is 5.56 Å². The predicted molar refractivity (Wildman–Crippen MR) is 217 cm³/mol. The summed E-state index contributed by atoms with van der Waals surface area (Å²) >= 11 is 0. The van der Waals surface area contributed by atoms with E-state index >= 15 is 0 Å². The Kier molecular flexibility index (Phi) is 6.25. The Balaban J connectivity index is 1.25. The van der Waals surface area contributed by atoms with Crippen molar-refractivity contribution in [2.75, 3.05) is 0 Å². The first kappa shape index (κ1) is 29.3. The first-order valence-electron chi connectivity index (χ1n) is 17.8. The molecule has 4 aromatic heterocycles. The molecule has 0 aliphatic heterocycles. The van der Waals surface area contributed by atoms with E-state index in [0.717, 1.165) is 72.1 Å². The molecule has 0 radical (unpaired) electrons. The molecule has 0 N–H and O–H groups in total. The molecular formula is C48H29N5. The quantitative estimate of drug-likeness (QED) is 0.186. The molecule has 0 saturated carbocycles. The van der Waals surface area contributed by atoms with E-state index in [1.807, 2.05) is 24.3 Å². The van der Waals surface area contributed by atoms with Gasteiger partial charge in [0.1, 0.15) is 0 Å². The fraction of sp³-hybridized carbons (Fsp3) is 0. The van der Waals surface area contributed by atoms with Crippen LogP contribution in [-0.4, -0.2) is 18.7 Å². The number of pyridine rings is 1. The van der Waals surface area contributed by atoms with Gasteiger partial charge < -0.3 is 13.7 Å². The molecule has 53 heavy (non-hydrogen) atoms. The Hall–Kier alpha value is -7.42. The summed E-state index contributed by atoms with van der Waals surface area (Å²) in [5.41, 5.74) is 12.4. The second-order valence-corrected chi connectivity index (χ2v) is 13.6. The highest BCUT2D eigenvalue weighted by molar-refractivity contribution is 6.13. The molecule has 0 fully saturated rings. The molecule has 246 valence electrons. The van der Waals surface area contributed by atoms with Gasteiger partial charge in [-0.3, -0.25) is 4.98 Å². The average molecular weight is 676 g/mol. The molecule has 11 aromatic rings. The van der Waals surface area contributed by atoms with E-state index in [0.29, 0.717) is 5.56 Å². The third kappa shape index (κ3) is 4.33. The standard InChI is InChI=1S/C48H29N5/c49-30-31-25-33(32-21-23-50-24-22-32)27-36(26-31)53-47-28-34(51-43-13-5-1-9-37(43)38-10-2-6-14-44(38)51)17-19-41(47)42-20-18-35(29-48(42)53)52-45-15-7-3-11-39(45)40-12-4-8-16-46(40)52/h1-29H. The molecule has 0 bridgehead atoms. The van der Waals surface area contributed by atoms with Crippen LogP contribution in [0.4, 0.5) is 0 Å². The first-order valence-corrected chi connectivity index (χ1v) is 17.8. The minimum atomic E-state index is 0.599. The second kappa shape index (κ2) is 11.3. The molecule has 5 nitrogen and oxygen atoms in total. The van der Waals surface area contributed by atoms with E-state index in [4.69, 9.17) is 0 Å². The molecule has 0 aliphatic rings. The number of para-hydroxylation sites is 4. The van der Waals surface area contributed by atoms with Crippen molar-refractivity contribution in [1.29, 1.82) is 5.26 Å². The van der Waals surface area contributed by atoms with Crippen molar-refractivity contribution >= 4 is 65.4 Å². The Morgan fingerprint density at radius 2 is 0.774 bits per heavy atom. The molecule has 0 spiro atoms. The number of nitrogens with zero attached hydrogens (tertiary/aromatic N) is 5. The van der Waals surface area contributed by atoms with Gasteiger partial charge >= 0.3 is 0 Å². The van der Waals surface area contributed by atoms with Crippen LogP contribution < -0.4 is 0 Å². The van der Waals surface area contributed by atoms with E-state index in [1.165, 1.54) is 21.5 Å². The SMILES string of the molecule is N#Cc1cc(-c2ccncc2)cc(-n2c3cc(-n4c5ccccc5c5ccccc54)ccc3c3ccc(-n4c5ccccc5c5ccccc54)cc32)c1. The van der Waals surface area contributed by atoms with Gasteiger partial charge in [-0.1, -0.05) is 84.9 Å². The van der Waals surface area contributed by atoms with E-state index in [1.54, 1.807) is 12.4 Å². The highest BCUT2D eigenvalue weighted by Gasteiger charge is 2.19. The molecule has 5 heteroatoms. The molecule has 11 rings (SSSR count). The number of hydrogen-bond acceptors (Lipinski definition) is 2. The Bertz CT molecular complexity index is 3020. The highest BCUT2D eigenvalue weighted by Crippen LogP contribution is 2.40. The van der Waals surface area contributed by atoms with Crippen LogP contribution in [0.25, 0.3) is 93.6 Å².